The number of hydrogen-bond acceptors (Lipinski definition) is 6. The first-order valence-electron chi connectivity index (χ1n) is 7.89. The van der Waals surface area contributed by atoms with Gasteiger partial charge in [-0.2, -0.15) is 8.42 Å². The third-order valence-electron chi connectivity index (χ3n) is 4.00. The first kappa shape index (κ1) is 18.2. The molecule has 26 heavy (non-hydrogen) atoms. The Bertz CT molecular complexity index is 917. The van der Waals surface area contributed by atoms with Crippen LogP contribution in [0.3, 0.4) is 0 Å². The maximum atomic E-state index is 12.2. The van der Waals surface area contributed by atoms with Crippen molar-refractivity contribution in [2.75, 3.05) is 13.2 Å². The zero-order valence-electron chi connectivity index (χ0n) is 14.0. The molecule has 1 N–H and O–H groups in total. The Balaban J connectivity index is 1.63. The monoisotopic (exact) mass is 375 g/mol. The largest absolute Gasteiger partial charge is 0.389 e. The van der Waals surface area contributed by atoms with Crippen LogP contribution >= 0.6 is 0 Å². The van der Waals surface area contributed by atoms with Crippen molar-refractivity contribution in [2.45, 2.75) is 17.9 Å². The number of fused-ring (bicyclic) bond motifs is 1. The Morgan fingerprint density at radius 2 is 1.54 bits per heavy atom. The molecule has 0 aromatic heterocycles. The van der Waals surface area contributed by atoms with Crippen molar-refractivity contribution in [2.24, 2.45) is 0 Å². The summed E-state index contributed by atoms with van der Waals surface area (Å²) in [5, 5.41) is 10.0. The molecule has 1 atom stereocenters. The van der Waals surface area contributed by atoms with E-state index in [1.54, 1.807) is 24.3 Å². The Morgan fingerprint density at radius 3 is 2.08 bits per heavy atom. The molecule has 2 amide bonds. The van der Waals surface area contributed by atoms with Crippen LogP contribution in [0.2, 0.25) is 0 Å². The number of aliphatic hydroxyl groups is 1. The summed E-state index contributed by atoms with van der Waals surface area (Å²) in [7, 11) is -4.03. The highest BCUT2D eigenvalue weighted by molar-refractivity contribution is 7.86. The molecular formula is C18H17NO6S. The number of imide groups is 1. The van der Waals surface area contributed by atoms with E-state index >= 15 is 0 Å². The minimum absolute atomic E-state index is 0.0315. The lowest BCUT2D eigenvalue weighted by atomic mass is 10.1. The first-order chi connectivity index (χ1) is 12.3. The summed E-state index contributed by atoms with van der Waals surface area (Å²) in [4.78, 5) is 25.3. The second-order valence-corrected chi connectivity index (χ2v) is 7.59. The molecule has 1 aliphatic heterocycles. The maximum Gasteiger partial charge on any atom is 0.297 e. The Morgan fingerprint density at radius 1 is 1.00 bits per heavy atom. The van der Waals surface area contributed by atoms with Crippen LogP contribution in [0.5, 0.6) is 0 Å². The van der Waals surface area contributed by atoms with Gasteiger partial charge in [0.05, 0.1) is 35.3 Å². The fourth-order valence-corrected chi connectivity index (χ4v) is 3.55. The van der Waals surface area contributed by atoms with Crippen molar-refractivity contribution < 1.29 is 27.3 Å². The van der Waals surface area contributed by atoms with E-state index in [1.165, 1.54) is 24.3 Å². The van der Waals surface area contributed by atoms with Gasteiger partial charge in [-0.15, -0.1) is 0 Å². The molecule has 0 bridgehead atoms. The summed E-state index contributed by atoms with van der Waals surface area (Å²) in [6.45, 7) is 0.905. The number of amides is 2. The highest BCUT2D eigenvalue weighted by Gasteiger charge is 2.36. The van der Waals surface area contributed by atoms with Gasteiger partial charge in [-0.1, -0.05) is 29.8 Å². The normalized spacial score (nSPS) is 15.2. The van der Waals surface area contributed by atoms with Gasteiger partial charge in [-0.3, -0.25) is 18.7 Å². The molecule has 0 radical (unpaired) electrons. The van der Waals surface area contributed by atoms with Crippen LogP contribution in [0.4, 0.5) is 0 Å². The van der Waals surface area contributed by atoms with Crippen LogP contribution in [0.1, 0.15) is 26.3 Å². The summed E-state index contributed by atoms with van der Waals surface area (Å²) >= 11 is 0. The molecule has 1 unspecified atom stereocenters. The fraction of sp³-hybridized carbons (Fsp3) is 0.222. The zero-order chi connectivity index (χ0) is 18.9. The number of β-amino-alcohol motifs (C(OH)–C–C–N with tert-alkyl or cyclic N) is 1. The average molecular weight is 375 g/mol. The Hall–Kier alpha value is -2.55. The Kier molecular flexibility index (Phi) is 4.90. The number of benzene rings is 2. The first-order valence-corrected chi connectivity index (χ1v) is 9.30. The van der Waals surface area contributed by atoms with Gasteiger partial charge >= 0.3 is 0 Å². The molecule has 1 aliphatic rings. The highest BCUT2D eigenvalue weighted by atomic mass is 32.2. The summed E-state index contributed by atoms with van der Waals surface area (Å²) in [5.74, 6) is -1.04. The van der Waals surface area contributed by atoms with Gasteiger partial charge in [0.15, 0.2) is 0 Å². The van der Waals surface area contributed by atoms with E-state index in [0.29, 0.717) is 0 Å². The number of rotatable bonds is 6. The van der Waals surface area contributed by atoms with Crippen LogP contribution < -0.4 is 0 Å². The van der Waals surface area contributed by atoms with E-state index in [-0.39, 0.29) is 22.6 Å². The molecule has 3 rings (SSSR count). The van der Waals surface area contributed by atoms with Gasteiger partial charge in [-0.05, 0) is 31.2 Å². The maximum absolute atomic E-state index is 12.2. The van der Waals surface area contributed by atoms with Crippen molar-refractivity contribution in [1.29, 1.82) is 0 Å². The predicted molar refractivity (Wildman–Crippen MR) is 92.1 cm³/mol. The molecule has 1 heterocycles. The van der Waals surface area contributed by atoms with Crippen LogP contribution in [0.15, 0.2) is 53.4 Å². The molecular weight excluding hydrogens is 358 g/mol. The van der Waals surface area contributed by atoms with Crippen molar-refractivity contribution in [3.63, 3.8) is 0 Å². The lowest BCUT2D eigenvalue weighted by Gasteiger charge is -2.18. The number of carbonyl (C=O) groups excluding carboxylic acids is 2. The molecule has 0 spiro atoms. The standard InChI is InChI=1S/C18H17NO6S/c1-12-6-8-14(9-7-12)26(23,24)25-11-13(20)10-19-17(21)15-4-2-3-5-16(15)18(19)22/h2-9,13,20H,10-11H2,1H3. The minimum Gasteiger partial charge on any atom is -0.389 e. The third-order valence-corrected chi connectivity index (χ3v) is 5.29. The van der Waals surface area contributed by atoms with E-state index in [0.717, 1.165) is 10.5 Å². The van der Waals surface area contributed by atoms with Gasteiger partial charge in [0.1, 0.15) is 0 Å². The highest BCUT2D eigenvalue weighted by Crippen LogP contribution is 2.22. The lowest BCUT2D eigenvalue weighted by Crippen LogP contribution is -2.39. The molecule has 2 aromatic rings. The van der Waals surface area contributed by atoms with Crippen LogP contribution in [-0.2, 0) is 14.3 Å². The van der Waals surface area contributed by atoms with Gasteiger partial charge in [0, 0.05) is 0 Å². The molecule has 0 fully saturated rings. The molecule has 8 heteroatoms. The van der Waals surface area contributed by atoms with Gasteiger partial charge in [0.25, 0.3) is 21.9 Å². The zero-order valence-corrected chi connectivity index (χ0v) is 14.8. The van der Waals surface area contributed by atoms with E-state index in [2.05, 4.69) is 0 Å². The quantitative estimate of drug-likeness (QED) is 0.604. The van der Waals surface area contributed by atoms with Crippen LogP contribution in [-0.4, -0.2) is 49.5 Å². The van der Waals surface area contributed by atoms with Crippen LogP contribution in [0.25, 0.3) is 0 Å². The number of nitrogens with zero attached hydrogens (tertiary/aromatic N) is 1. The van der Waals surface area contributed by atoms with Gasteiger partial charge in [-0.25, -0.2) is 0 Å². The summed E-state index contributed by atoms with van der Waals surface area (Å²) in [5.41, 5.74) is 1.42. The number of hydrogen-bond donors (Lipinski definition) is 1. The third kappa shape index (κ3) is 3.52. The molecule has 2 aromatic carbocycles. The molecule has 0 saturated carbocycles. The fourth-order valence-electron chi connectivity index (χ4n) is 2.61. The molecule has 136 valence electrons. The van der Waals surface area contributed by atoms with E-state index in [4.69, 9.17) is 4.18 Å². The summed E-state index contributed by atoms with van der Waals surface area (Å²) < 4.78 is 29.1. The number of carbonyl (C=O) groups is 2. The summed E-state index contributed by atoms with van der Waals surface area (Å²) in [6.07, 6.45) is -1.34. The van der Waals surface area contributed by atoms with Gasteiger partial charge in [0.2, 0.25) is 0 Å². The molecule has 0 aliphatic carbocycles. The van der Waals surface area contributed by atoms with E-state index in [1.807, 2.05) is 6.92 Å². The van der Waals surface area contributed by atoms with Crippen molar-refractivity contribution in [3.05, 3.63) is 65.2 Å². The summed E-state index contributed by atoms with van der Waals surface area (Å²) in [6, 6.07) is 12.4. The van der Waals surface area contributed by atoms with Crippen molar-refractivity contribution in [3.8, 4) is 0 Å². The number of aryl methyl sites for hydroxylation is 1. The van der Waals surface area contributed by atoms with Crippen molar-refractivity contribution in [1.82, 2.24) is 4.90 Å². The minimum atomic E-state index is -4.03. The smallest absolute Gasteiger partial charge is 0.297 e. The Labute approximate surface area is 150 Å². The topological polar surface area (TPSA) is 101 Å². The number of aliphatic hydroxyl groups excluding tert-OH is 1. The molecule has 7 nitrogen and oxygen atoms in total. The average Bonchev–Trinajstić information content (AvgIpc) is 2.86. The second kappa shape index (κ2) is 6.99. The molecule has 0 saturated heterocycles. The second-order valence-electron chi connectivity index (χ2n) is 5.97. The SMILES string of the molecule is Cc1ccc(S(=O)(=O)OCC(O)CN2C(=O)c3ccccc3C2=O)cc1. The predicted octanol–water partition coefficient (Wildman–Crippen LogP) is 1.36. The van der Waals surface area contributed by atoms with E-state index < -0.39 is 34.6 Å². The lowest BCUT2D eigenvalue weighted by molar-refractivity contribution is 0.0465. The van der Waals surface area contributed by atoms with Crippen LogP contribution in [0, 0.1) is 6.92 Å². The van der Waals surface area contributed by atoms with Gasteiger partial charge < -0.3 is 5.11 Å². The van der Waals surface area contributed by atoms with E-state index in [9.17, 15) is 23.1 Å². The van der Waals surface area contributed by atoms with Crippen molar-refractivity contribution >= 4 is 21.9 Å².